The lowest BCUT2D eigenvalue weighted by atomic mass is 10.2. The quantitative estimate of drug-likeness (QED) is 0.596. The summed E-state index contributed by atoms with van der Waals surface area (Å²) in [6.07, 6.45) is 1.84. The van der Waals surface area contributed by atoms with Crippen molar-refractivity contribution in [2.45, 2.75) is 24.7 Å². The van der Waals surface area contributed by atoms with Crippen molar-refractivity contribution in [3.05, 3.63) is 47.0 Å². The van der Waals surface area contributed by atoms with Crippen LogP contribution < -0.4 is 19.5 Å². The summed E-state index contributed by atoms with van der Waals surface area (Å²) in [5, 5.41) is 2.85. The van der Waals surface area contributed by atoms with Gasteiger partial charge in [0.1, 0.15) is 11.5 Å². The number of hydrogen-bond donors (Lipinski definition) is 2. The summed E-state index contributed by atoms with van der Waals surface area (Å²) in [4.78, 5) is 12.7. The van der Waals surface area contributed by atoms with E-state index >= 15 is 0 Å². The highest BCUT2D eigenvalue weighted by molar-refractivity contribution is 7.89. The van der Waals surface area contributed by atoms with Crippen LogP contribution in [0.5, 0.6) is 11.5 Å². The third-order valence-corrected chi connectivity index (χ3v) is 5.69. The van der Waals surface area contributed by atoms with Gasteiger partial charge in [-0.25, -0.2) is 13.1 Å². The molecular weight excluding hydrogens is 404 g/mol. The van der Waals surface area contributed by atoms with Crippen LogP contribution in [0.15, 0.2) is 41.3 Å². The van der Waals surface area contributed by atoms with Crippen LogP contribution in [0, 0.1) is 0 Å². The average Bonchev–Trinajstić information content (AvgIpc) is 2.69. The Morgan fingerprint density at radius 1 is 1.18 bits per heavy atom. The Hall–Kier alpha value is -2.29. The third-order valence-electron chi connectivity index (χ3n) is 3.95. The van der Waals surface area contributed by atoms with Gasteiger partial charge in [-0.3, -0.25) is 4.79 Å². The smallest absolute Gasteiger partial charge is 0.257 e. The summed E-state index contributed by atoms with van der Waals surface area (Å²) >= 11 is 6.12. The van der Waals surface area contributed by atoms with E-state index in [0.717, 1.165) is 12.8 Å². The SMILES string of the molecule is CCCCOc1ccc(OC)cc1NC(=O)c1cc(S(=O)(=O)NC)ccc1Cl. The van der Waals surface area contributed by atoms with Crippen LogP contribution in [0.25, 0.3) is 0 Å². The number of amides is 1. The summed E-state index contributed by atoms with van der Waals surface area (Å²) in [5.41, 5.74) is 0.429. The minimum absolute atomic E-state index is 0.0281. The molecule has 1 amide bonds. The summed E-state index contributed by atoms with van der Waals surface area (Å²) in [5.74, 6) is 0.459. The number of benzene rings is 2. The standard InChI is InChI=1S/C19H23ClN2O5S/c1-4-5-10-27-18-9-6-13(26-3)11-17(18)22-19(23)15-12-14(7-8-16(15)20)28(24,25)21-2/h6-9,11-12,21H,4-5,10H2,1-3H3,(H,22,23). The highest BCUT2D eigenvalue weighted by Gasteiger charge is 2.19. The number of nitrogens with one attached hydrogen (secondary N) is 2. The van der Waals surface area contributed by atoms with Crippen LogP contribution in [-0.2, 0) is 10.0 Å². The molecule has 0 aliphatic carbocycles. The number of unbranched alkanes of at least 4 members (excludes halogenated alkanes) is 1. The van der Waals surface area contributed by atoms with Crippen molar-refractivity contribution in [1.29, 1.82) is 0 Å². The predicted molar refractivity (Wildman–Crippen MR) is 109 cm³/mol. The van der Waals surface area contributed by atoms with Crippen LogP contribution in [-0.4, -0.2) is 35.1 Å². The van der Waals surface area contributed by atoms with Gasteiger partial charge >= 0.3 is 0 Å². The number of sulfonamides is 1. The maximum atomic E-state index is 12.8. The molecule has 0 saturated carbocycles. The molecule has 0 saturated heterocycles. The topological polar surface area (TPSA) is 93.7 Å². The summed E-state index contributed by atoms with van der Waals surface area (Å²) in [6.45, 7) is 2.55. The van der Waals surface area contributed by atoms with Gasteiger partial charge in [-0.1, -0.05) is 24.9 Å². The van der Waals surface area contributed by atoms with Gasteiger partial charge < -0.3 is 14.8 Å². The molecule has 0 heterocycles. The highest BCUT2D eigenvalue weighted by Crippen LogP contribution is 2.31. The molecule has 0 spiro atoms. The van der Waals surface area contributed by atoms with Crippen LogP contribution >= 0.6 is 11.6 Å². The number of hydrogen-bond acceptors (Lipinski definition) is 5. The lowest BCUT2D eigenvalue weighted by Gasteiger charge is -2.14. The first kappa shape index (κ1) is 22.0. The molecular formula is C19H23ClN2O5S. The van der Waals surface area contributed by atoms with Crippen LogP contribution in [0.1, 0.15) is 30.1 Å². The van der Waals surface area contributed by atoms with Crippen molar-refractivity contribution >= 4 is 33.2 Å². The molecule has 2 N–H and O–H groups in total. The normalized spacial score (nSPS) is 11.1. The molecule has 0 unspecified atom stereocenters. The predicted octanol–water partition coefficient (Wildman–Crippen LogP) is 3.69. The van der Waals surface area contributed by atoms with E-state index in [2.05, 4.69) is 10.0 Å². The zero-order chi connectivity index (χ0) is 20.7. The van der Waals surface area contributed by atoms with Gasteiger partial charge in [-0.05, 0) is 43.8 Å². The van der Waals surface area contributed by atoms with Gasteiger partial charge in [0.15, 0.2) is 0 Å². The fraction of sp³-hybridized carbons (Fsp3) is 0.316. The van der Waals surface area contributed by atoms with E-state index < -0.39 is 15.9 Å². The Morgan fingerprint density at radius 2 is 1.93 bits per heavy atom. The largest absolute Gasteiger partial charge is 0.497 e. The molecule has 7 nitrogen and oxygen atoms in total. The van der Waals surface area contributed by atoms with Gasteiger partial charge in [0.25, 0.3) is 5.91 Å². The fourth-order valence-corrected chi connectivity index (χ4v) is 3.30. The third kappa shape index (κ3) is 5.37. The first-order chi connectivity index (χ1) is 13.3. The lowest BCUT2D eigenvalue weighted by Crippen LogP contribution is -2.20. The summed E-state index contributed by atoms with van der Waals surface area (Å²) in [6, 6.07) is 8.97. The minimum Gasteiger partial charge on any atom is -0.497 e. The number of carbonyl (C=O) groups is 1. The fourth-order valence-electron chi connectivity index (χ4n) is 2.34. The number of ether oxygens (including phenoxy) is 2. The van der Waals surface area contributed by atoms with Gasteiger partial charge in [-0.2, -0.15) is 0 Å². The molecule has 0 radical (unpaired) electrons. The maximum Gasteiger partial charge on any atom is 0.257 e. The average molecular weight is 427 g/mol. The number of methoxy groups -OCH3 is 1. The van der Waals surface area contributed by atoms with E-state index in [1.54, 1.807) is 18.2 Å². The Kier molecular flexibility index (Phi) is 7.68. The summed E-state index contributed by atoms with van der Waals surface area (Å²) in [7, 11) is -0.904. The molecule has 0 aliphatic heterocycles. The van der Waals surface area contributed by atoms with Crippen molar-refractivity contribution in [2.24, 2.45) is 0 Å². The zero-order valence-electron chi connectivity index (χ0n) is 15.9. The number of carbonyl (C=O) groups excluding carboxylic acids is 1. The molecule has 0 atom stereocenters. The second kappa shape index (κ2) is 9.77. The number of anilines is 1. The molecule has 0 bridgehead atoms. The Labute approximate surface area is 170 Å². The van der Waals surface area contributed by atoms with Crippen molar-refractivity contribution in [2.75, 3.05) is 26.1 Å². The monoisotopic (exact) mass is 426 g/mol. The molecule has 9 heteroatoms. The molecule has 28 heavy (non-hydrogen) atoms. The van der Waals surface area contributed by atoms with Gasteiger partial charge in [0, 0.05) is 6.07 Å². The maximum absolute atomic E-state index is 12.8. The second-order valence-corrected chi connectivity index (χ2v) is 8.16. The van der Waals surface area contributed by atoms with Crippen molar-refractivity contribution < 1.29 is 22.7 Å². The molecule has 0 fully saturated rings. The first-order valence-corrected chi connectivity index (χ1v) is 10.5. The lowest BCUT2D eigenvalue weighted by molar-refractivity contribution is 0.102. The molecule has 2 rings (SSSR count). The van der Waals surface area contributed by atoms with E-state index in [0.29, 0.717) is 23.8 Å². The summed E-state index contributed by atoms with van der Waals surface area (Å²) < 4.78 is 37.2. The molecule has 2 aromatic carbocycles. The van der Waals surface area contributed by atoms with Crippen LogP contribution in [0.2, 0.25) is 5.02 Å². The molecule has 2 aromatic rings. The highest BCUT2D eigenvalue weighted by atomic mass is 35.5. The Morgan fingerprint density at radius 3 is 2.57 bits per heavy atom. The van der Waals surface area contributed by atoms with Crippen LogP contribution in [0.3, 0.4) is 0 Å². The van der Waals surface area contributed by atoms with Gasteiger partial charge in [-0.15, -0.1) is 0 Å². The van der Waals surface area contributed by atoms with E-state index in [1.165, 1.54) is 32.4 Å². The van der Waals surface area contributed by atoms with Crippen LogP contribution in [0.4, 0.5) is 5.69 Å². The first-order valence-electron chi connectivity index (χ1n) is 8.67. The molecule has 152 valence electrons. The Balaban J connectivity index is 2.35. The van der Waals surface area contributed by atoms with Gasteiger partial charge in [0.2, 0.25) is 10.0 Å². The van der Waals surface area contributed by atoms with Gasteiger partial charge in [0.05, 0.1) is 34.9 Å². The van der Waals surface area contributed by atoms with Crippen molar-refractivity contribution in [3.8, 4) is 11.5 Å². The van der Waals surface area contributed by atoms with E-state index in [-0.39, 0.29) is 15.5 Å². The van der Waals surface area contributed by atoms with Crippen molar-refractivity contribution in [1.82, 2.24) is 4.72 Å². The number of halogens is 1. The van der Waals surface area contributed by atoms with Crippen molar-refractivity contribution in [3.63, 3.8) is 0 Å². The minimum atomic E-state index is -3.71. The van der Waals surface area contributed by atoms with E-state index in [9.17, 15) is 13.2 Å². The van der Waals surface area contributed by atoms with E-state index in [1.807, 2.05) is 6.92 Å². The zero-order valence-corrected chi connectivity index (χ0v) is 17.5. The molecule has 0 aromatic heterocycles. The second-order valence-electron chi connectivity index (χ2n) is 5.87. The number of rotatable bonds is 9. The molecule has 0 aliphatic rings. The Bertz CT molecular complexity index is 947. The van der Waals surface area contributed by atoms with E-state index in [4.69, 9.17) is 21.1 Å².